The van der Waals surface area contributed by atoms with Gasteiger partial charge in [-0.05, 0) is 37.0 Å². The van der Waals surface area contributed by atoms with Crippen LogP contribution in [0.15, 0.2) is 18.2 Å². The number of ether oxygens (including phenoxy) is 3. The monoisotopic (exact) mass is 418 g/mol. The quantitative estimate of drug-likeness (QED) is 0.409. The third-order valence-corrected chi connectivity index (χ3v) is 5.86. The van der Waals surface area contributed by atoms with Crippen LogP contribution in [-0.2, 0) is 14.3 Å². The van der Waals surface area contributed by atoms with Crippen molar-refractivity contribution in [2.45, 2.75) is 38.1 Å². The lowest BCUT2D eigenvalue weighted by Crippen LogP contribution is -2.54. The standard InChI is InChI=1S/C21H26N2O7/c1-13-6-4-5-9-21(13)19(26)23(20(27)22-21)11-18(25)30-12-15(24)14-7-8-16(28-2)17(10-14)29-3/h7-8,10,13H,4-6,9,11-12H2,1-3H3,(H,22,27)/t13-,21-/m0/s1. The molecule has 1 aromatic carbocycles. The molecule has 0 unspecified atom stereocenters. The number of methoxy groups -OCH3 is 2. The highest BCUT2D eigenvalue weighted by Crippen LogP contribution is 2.38. The minimum atomic E-state index is -0.939. The number of Topliss-reactive ketones (excluding diaryl/α,β-unsaturated/α-hetero) is 1. The summed E-state index contributed by atoms with van der Waals surface area (Å²) in [6.45, 7) is 0.888. The van der Waals surface area contributed by atoms with Gasteiger partial charge in [0.2, 0.25) is 0 Å². The van der Waals surface area contributed by atoms with Crippen LogP contribution in [0.1, 0.15) is 43.0 Å². The Morgan fingerprint density at radius 3 is 2.57 bits per heavy atom. The van der Waals surface area contributed by atoms with Crippen LogP contribution in [0, 0.1) is 5.92 Å². The van der Waals surface area contributed by atoms with Crippen molar-refractivity contribution < 1.29 is 33.4 Å². The molecule has 1 saturated heterocycles. The van der Waals surface area contributed by atoms with E-state index in [0.717, 1.165) is 24.2 Å². The van der Waals surface area contributed by atoms with Crippen molar-refractivity contribution in [2.24, 2.45) is 5.92 Å². The number of carbonyl (C=O) groups excluding carboxylic acids is 4. The zero-order chi connectivity index (χ0) is 21.9. The zero-order valence-electron chi connectivity index (χ0n) is 17.4. The van der Waals surface area contributed by atoms with Crippen molar-refractivity contribution in [1.82, 2.24) is 10.2 Å². The van der Waals surface area contributed by atoms with Gasteiger partial charge in [-0.15, -0.1) is 0 Å². The molecule has 2 aliphatic rings. The second-order valence-electron chi connectivity index (χ2n) is 7.59. The van der Waals surface area contributed by atoms with E-state index in [2.05, 4.69) is 5.32 Å². The van der Waals surface area contributed by atoms with Gasteiger partial charge in [0.05, 0.1) is 14.2 Å². The minimum absolute atomic E-state index is 0.00431. The van der Waals surface area contributed by atoms with Gasteiger partial charge in [0.25, 0.3) is 5.91 Å². The largest absolute Gasteiger partial charge is 0.493 e. The number of nitrogens with one attached hydrogen (secondary N) is 1. The van der Waals surface area contributed by atoms with Crippen LogP contribution in [0.25, 0.3) is 0 Å². The van der Waals surface area contributed by atoms with Gasteiger partial charge in [0.1, 0.15) is 12.1 Å². The van der Waals surface area contributed by atoms with E-state index in [1.807, 2.05) is 6.92 Å². The molecule has 1 aromatic rings. The average Bonchev–Trinajstić information content (AvgIpc) is 2.98. The van der Waals surface area contributed by atoms with Crippen LogP contribution in [0.4, 0.5) is 4.79 Å². The molecule has 0 aromatic heterocycles. The summed E-state index contributed by atoms with van der Waals surface area (Å²) in [5.74, 6) is -0.832. The van der Waals surface area contributed by atoms with E-state index in [0.29, 0.717) is 17.9 Å². The van der Waals surface area contributed by atoms with E-state index in [9.17, 15) is 19.2 Å². The number of imide groups is 1. The molecule has 2 fully saturated rings. The molecule has 1 heterocycles. The summed E-state index contributed by atoms with van der Waals surface area (Å²) in [5, 5.41) is 2.78. The Kier molecular flexibility index (Phi) is 6.28. The highest BCUT2D eigenvalue weighted by Gasteiger charge is 2.55. The van der Waals surface area contributed by atoms with E-state index >= 15 is 0 Å². The predicted molar refractivity (Wildman–Crippen MR) is 105 cm³/mol. The minimum Gasteiger partial charge on any atom is -0.493 e. The van der Waals surface area contributed by atoms with Gasteiger partial charge in [-0.2, -0.15) is 0 Å². The van der Waals surface area contributed by atoms with Crippen molar-refractivity contribution >= 4 is 23.7 Å². The van der Waals surface area contributed by atoms with E-state index in [1.165, 1.54) is 26.4 Å². The number of hydrogen-bond donors (Lipinski definition) is 1. The second-order valence-corrected chi connectivity index (χ2v) is 7.59. The second kappa shape index (κ2) is 8.73. The van der Waals surface area contributed by atoms with Crippen LogP contribution in [-0.4, -0.2) is 61.5 Å². The molecule has 0 bridgehead atoms. The number of ketones is 1. The van der Waals surface area contributed by atoms with Gasteiger partial charge in [0, 0.05) is 5.56 Å². The fraction of sp³-hybridized carbons (Fsp3) is 0.524. The lowest BCUT2D eigenvalue weighted by atomic mass is 9.73. The molecule has 1 saturated carbocycles. The SMILES string of the molecule is COc1ccc(C(=O)COC(=O)CN2C(=O)N[C@]3(CCCC[C@@H]3C)C2=O)cc1OC. The molecule has 2 atom stereocenters. The van der Waals surface area contributed by atoms with E-state index in [-0.39, 0.29) is 11.5 Å². The number of urea groups is 1. The van der Waals surface area contributed by atoms with Crippen molar-refractivity contribution in [1.29, 1.82) is 0 Å². The summed E-state index contributed by atoms with van der Waals surface area (Å²) < 4.78 is 15.3. The predicted octanol–water partition coefficient (Wildman–Crippen LogP) is 1.93. The topological polar surface area (TPSA) is 111 Å². The first kappa shape index (κ1) is 21.6. The first-order valence-electron chi connectivity index (χ1n) is 9.87. The Hall–Kier alpha value is -3.10. The first-order chi connectivity index (χ1) is 14.3. The van der Waals surface area contributed by atoms with E-state index < -0.39 is 42.4 Å². The number of nitrogens with zero attached hydrogens (tertiary/aromatic N) is 1. The molecule has 162 valence electrons. The molecular weight excluding hydrogens is 392 g/mol. The van der Waals surface area contributed by atoms with Crippen molar-refractivity contribution in [3.8, 4) is 11.5 Å². The Labute approximate surface area is 174 Å². The molecule has 1 aliphatic heterocycles. The van der Waals surface area contributed by atoms with Crippen LogP contribution in [0.5, 0.6) is 11.5 Å². The fourth-order valence-electron chi connectivity index (χ4n) is 4.05. The summed E-state index contributed by atoms with van der Waals surface area (Å²) in [5.41, 5.74) is -0.657. The molecule has 3 rings (SSSR count). The Bertz CT molecular complexity index is 869. The first-order valence-corrected chi connectivity index (χ1v) is 9.87. The van der Waals surface area contributed by atoms with Gasteiger partial charge in [-0.1, -0.05) is 19.8 Å². The van der Waals surface area contributed by atoms with Crippen molar-refractivity contribution in [3.05, 3.63) is 23.8 Å². The fourth-order valence-corrected chi connectivity index (χ4v) is 4.05. The smallest absolute Gasteiger partial charge is 0.326 e. The molecule has 1 N–H and O–H groups in total. The molecular formula is C21H26N2O7. The van der Waals surface area contributed by atoms with Gasteiger partial charge in [-0.3, -0.25) is 19.3 Å². The highest BCUT2D eigenvalue weighted by atomic mass is 16.5. The van der Waals surface area contributed by atoms with Gasteiger partial charge in [-0.25, -0.2) is 4.79 Å². The highest BCUT2D eigenvalue weighted by molar-refractivity contribution is 6.09. The number of esters is 1. The Balaban J connectivity index is 1.59. The van der Waals surface area contributed by atoms with Crippen molar-refractivity contribution in [2.75, 3.05) is 27.4 Å². The summed E-state index contributed by atoms with van der Waals surface area (Å²) in [4.78, 5) is 50.6. The van der Waals surface area contributed by atoms with E-state index in [1.54, 1.807) is 6.07 Å². The maximum atomic E-state index is 12.9. The molecule has 30 heavy (non-hydrogen) atoms. The molecule has 9 heteroatoms. The molecule has 9 nitrogen and oxygen atoms in total. The zero-order valence-corrected chi connectivity index (χ0v) is 17.4. The van der Waals surface area contributed by atoms with Crippen LogP contribution >= 0.6 is 0 Å². The molecule has 1 spiro atoms. The van der Waals surface area contributed by atoms with Crippen molar-refractivity contribution in [3.63, 3.8) is 0 Å². The third kappa shape index (κ3) is 3.96. The van der Waals surface area contributed by atoms with Gasteiger partial charge in [0.15, 0.2) is 23.9 Å². The number of benzene rings is 1. The maximum Gasteiger partial charge on any atom is 0.326 e. The molecule has 1 aliphatic carbocycles. The Morgan fingerprint density at radius 2 is 1.90 bits per heavy atom. The lowest BCUT2D eigenvalue weighted by Gasteiger charge is -2.36. The summed E-state index contributed by atoms with van der Waals surface area (Å²) in [6.07, 6.45) is 3.24. The van der Waals surface area contributed by atoms with Crippen LogP contribution in [0.3, 0.4) is 0 Å². The number of amides is 3. The number of hydrogen-bond acceptors (Lipinski definition) is 7. The summed E-state index contributed by atoms with van der Waals surface area (Å²) in [6, 6.07) is 3.99. The summed E-state index contributed by atoms with van der Waals surface area (Å²) >= 11 is 0. The number of rotatable bonds is 7. The van der Waals surface area contributed by atoms with E-state index in [4.69, 9.17) is 14.2 Å². The molecule has 0 radical (unpaired) electrons. The normalized spacial score (nSPS) is 23.3. The summed E-state index contributed by atoms with van der Waals surface area (Å²) in [7, 11) is 2.93. The number of carbonyl (C=O) groups is 4. The van der Waals surface area contributed by atoms with Crippen LogP contribution < -0.4 is 14.8 Å². The lowest BCUT2D eigenvalue weighted by molar-refractivity contribution is -0.147. The Morgan fingerprint density at radius 1 is 1.17 bits per heavy atom. The van der Waals surface area contributed by atoms with Crippen LogP contribution in [0.2, 0.25) is 0 Å². The molecule has 3 amide bonds. The average molecular weight is 418 g/mol. The maximum absolute atomic E-state index is 12.9. The third-order valence-electron chi connectivity index (χ3n) is 5.86. The van der Waals surface area contributed by atoms with Gasteiger partial charge < -0.3 is 19.5 Å². The van der Waals surface area contributed by atoms with Gasteiger partial charge >= 0.3 is 12.0 Å².